The van der Waals surface area contributed by atoms with E-state index in [0.29, 0.717) is 18.1 Å². The largest absolute Gasteiger partial charge is 0.360 e. The third kappa shape index (κ3) is 4.29. The topological polar surface area (TPSA) is 70.4 Å². The summed E-state index contributed by atoms with van der Waals surface area (Å²) in [5.74, 6) is 0.662. The number of rotatable bonds is 5. The minimum absolute atomic E-state index is 0.138. The number of anilines is 1. The quantitative estimate of drug-likeness (QED) is 0.890. The Hall–Kier alpha value is -2.41. The molecule has 1 aromatic carbocycles. The molecule has 0 aliphatic rings. The predicted molar refractivity (Wildman–Crippen MR) is 81.1 cm³/mol. The molecule has 0 bridgehead atoms. The number of likely N-dealkylation sites (N-methyl/N-ethyl adjacent to an activating group) is 1. The highest BCUT2D eigenvalue weighted by Crippen LogP contribution is 2.18. The van der Waals surface area contributed by atoms with Gasteiger partial charge in [0.05, 0.1) is 6.04 Å². The Morgan fingerprint density at radius 2 is 2.18 bits per heavy atom. The van der Waals surface area contributed by atoms with Gasteiger partial charge in [0.2, 0.25) is 0 Å². The average Bonchev–Trinajstić information content (AvgIpc) is 2.84. The van der Waals surface area contributed by atoms with Crippen molar-refractivity contribution in [2.75, 3.05) is 26.0 Å². The van der Waals surface area contributed by atoms with E-state index in [2.05, 4.69) is 15.8 Å². The third-order valence-electron chi connectivity index (χ3n) is 3.18. The fraction of sp³-hybridized carbons (Fsp3) is 0.333. The minimum Gasteiger partial charge on any atom is -0.360 e. The summed E-state index contributed by atoms with van der Waals surface area (Å²) in [7, 11) is 3.74. The fourth-order valence-corrected chi connectivity index (χ4v) is 2.09. The molecule has 0 unspecified atom stereocenters. The summed E-state index contributed by atoms with van der Waals surface area (Å²) in [6.45, 7) is 2.07. The number of halogens is 1. The first kappa shape index (κ1) is 16.0. The summed E-state index contributed by atoms with van der Waals surface area (Å²) in [6.07, 6.45) is 0. The van der Waals surface area contributed by atoms with Gasteiger partial charge in [0.1, 0.15) is 11.6 Å². The van der Waals surface area contributed by atoms with Crippen LogP contribution in [0, 0.1) is 12.7 Å². The van der Waals surface area contributed by atoms with Crippen LogP contribution in [0.2, 0.25) is 0 Å². The highest BCUT2D eigenvalue weighted by Gasteiger charge is 2.16. The lowest BCUT2D eigenvalue weighted by atomic mass is 10.1. The monoisotopic (exact) mass is 306 g/mol. The average molecular weight is 306 g/mol. The number of hydrogen-bond donors (Lipinski definition) is 2. The minimum atomic E-state index is -0.392. The van der Waals surface area contributed by atoms with Gasteiger partial charge in [-0.05, 0) is 38.7 Å². The van der Waals surface area contributed by atoms with Crippen LogP contribution in [0.4, 0.5) is 15.0 Å². The van der Waals surface area contributed by atoms with Crippen molar-refractivity contribution in [1.82, 2.24) is 15.4 Å². The maximum Gasteiger partial charge on any atom is 0.320 e. The molecular formula is C15H19FN4O2. The highest BCUT2D eigenvalue weighted by atomic mass is 19.1. The number of hydrogen-bond acceptors (Lipinski definition) is 4. The molecule has 2 N–H and O–H groups in total. The van der Waals surface area contributed by atoms with Gasteiger partial charge in [-0.15, -0.1) is 0 Å². The van der Waals surface area contributed by atoms with Crippen LogP contribution < -0.4 is 10.6 Å². The second kappa shape index (κ2) is 7.04. The summed E-state index contributed by atoms with van der Waals surface area (Å²) in [4.78, 5) is 13.8. The Morgan fingerprint density at radius 3 is 2.77 bits per heavy atom. The van der Waals surface area contributed by atoms with E-state index in [4.69, 9.17) is 4.52 Å². The standard InChI is InChI=1S/C15H19FN4O2/c1-10-7-14(19-22-10)18-15(21)17-9-13(20(2)3)11-5-4-6-12(16)8-11/h4-8,13H,9H2,1-3H3,(H2,17,18,19,21)/t13-/m0/s1. The van der Waals surface area contributed by atoms with Crippen LogP contribution in [0.5, 0.6) is 0 Å². The number of nitrogens with one attached hydrogen (secondary N) is 2. The van der Waals surface area contributed by atoms with Crippen LogP contribution in [0.25, 0.3) is 0 Å². The van der Waals surface area contributed by atoms with E-state index in [0.717, 1.165) is 5.56 Å². The van der Waals surface area contributed by atoms with E-state index in [1.807, 2.05) is 25.1 Å². The van der Waals surface area contributed by atoms with Gasteiger partial charge in [-0.2, -0.15) is 0 Å². The first-order valence-electron chi connectivity index (χ1n) is 6.86. The lowest BCUT2D eigenvalue weighted by molar-refractivity contribution is 0.243. The zero-order valence-electron chi connectivity index (χ0n) is 12.8. The van der Waals surface area contributed by atoms with Crippen LogP contribution in [-0.4, -0.2) is 36.7 Å². The molecule has 0 aliphatic heterocycles. The second-order valence-corrected chi connectivity index (χ2v) is 5.19. The molecule has 1 aromatic heterocycles. The lowest BCUT2D eigenvalue weighted by Gasteiger charge is -2.25. The Balaban J connectivity index is 1.95. The zero-order chi connectivity index (χ0) is 16.1. The van der Waals surface area contributed by atoms with Gasteiger partial charge in [-0.1, -0.05) is 17.3 Å². The molecule has 0 saturated carbocycles. The van der Waals surface area contributed by atoms with Crippen LogP contribution >= 0.6 is 0 Å². The maximum absolute atomic E-state index is 13.3. The third-order valence-corrected chi connectivity index (χ3v) is 3.18. The van der Waals surface area contributed by atoms with Crippen molar-refractivity contribution in [3.8, 4) is 0 Å². The molecular weight excluding hydrogens is 287 g/mol. The molecule has 2 rings (SSSR count). The van der Waals surface area contributed by atoms with E-state index in [-0.39, 0.29) is 11.9 Å². The van der Waals surface area contributed by atoms with Crippen molar-refractivity contribution in [3.05, 3.63) is 47.5 Å². The van der Waals surface area contributed by atoms with Gasteiger partial charge in [0.15, 0.2) is 5.82 Å². The van der Waals surface area contributed by atoms with Gasteiger partial charge in [0, 0.05) is 12.6 Å². The Kier molecular flexibility index (Phi) is 5.11. The van der Waals surface area contributed by atoms with E-state index in [1.54, 1.807) is 19.1 Å². The summed E-state index contributed by atoms with van der Waals surface area (Å²) in [5, 5.41) is 9.00. The molecule has 2 aromatic rings. The van der Waals surface area contributed by atoms with Crippen LogP contribution in [0.3, 0.4) is 0 Å². The van der Waals surface area contributed by atoms with Crippen molar-refractivity contribution in [2.45, 2.75) is 13.0 Å². The second-order valence-electron chi connectivity index (χ2n) is 5.19. The molecule has 0 radical (unpaired) electrons. The molecule has 0 aliphatic carbocycles. The number of aromatic nitrogens is 1. The molecule has 7 heteroatoms. The first-order valence-corrected chi connectivity index (χ1v) is 6.86. The molecule has 22 heavy (non-hydrogen) atoms. The van der Waals surface area contributed by atoms with Gasteiger partial charge < -0.3 is 14.7 Å². The van der Waals surface area contributed by atoms with Gasteiger partial charge in [0.25, 0.3) is 0 Å². The highest BCUT2D eigenvalue weighted by molar-refractivity contribution is 5.88. The first-order chi connectivity index (χ1) is 10.5. The molecule has 1 heterocycles. The Morgan fingerprint density at radius 1 is 1.41 bits per heavy atom. The molecule has 0 fully saturated rings. The van der Waals surface area contributed by atoms with Crippen molar-refractivity contribution in [3.63, 3.8) is 0 Å². The normalized spacial score (nSPS) is 12.2. The van der Waals surface area contributed by atoms with E-state index in [1.165, 1.54) is 12.1 Å². The summed E-state index contributed by atoms with van der Waals surface area (Å²) >= 11 is 0. The van der Waals surface area contributed by atoms with Gasteiger partial charge >= 0.3 is 6.03 Å². The molecule has 118 valence electrons. The molecule has 0 saturated heterocycles. The maximum atomic E-state index is 13.3. The number of carbonyl (C=O) groups excluding carboxylic acids is 1. The van der Waals surface area contributed by atoms with Crippen molar-refractivity contribution in [1.29, 1.82) is 0 Å². The number of nitrogens with zero attached hydrogens (tertiary/aromatic N) is 2. The number of urea groups is 1. The number of carbonyl (C=O) groups is 1. The van der Waals surface area contributed by atoms with Crippen molar-refractivity contribution in [2.24, 2.45) is 0 Å². The van der Waals surface area contributed by atoms with Gasteiger partial charge in [-0.3, -0.25) is 5.32 Å². The number of benzene rings is 1. The molecule has 1 atom stereocenters. The van der Waals surface area contributed by atoms with Crippen LogP contribution in [-0.2, 0) is 0 Å². The van der Waals surface area contributed by atoms with E-state index < -0.39 is 6.03 Å². The fourth-order valence-electron chi connectivity index (χ4n) is 2.09. The van der Waals surface area contributed by atoms with E-state index in [9.17, 15) is 9.18 Å². The van der Waals surface area contributed by atoms with Crippen LogP contribution in [0.15, 0.2) is 34.9 Å². The summed E-state index contributed by atoms with van der Waals surface area (Å²) in [6, 6.07) is 7.43. The molecule has 6 nitrogen and oxygen atoms in total. The SMILES string of the molecule is Cc1cc(NC(=O)NC[C@@H](c2cccc(F)c2)N(C)C)no1. The Labute approximate surface area is 128 Å². The van der Waals surface area contributed by atoms with E-state index >= 15 is 0 Å². The van der Waals surface area contributed by atoms with Gasteiger partial charge in [-0.25, -0.2) is 9.18 Å². The smallest absolute Gasteiger partial charge is 0.320 e. The predicted octanol–water partition coefficient (Wildman–Crippen LogP) is 2.55. The Bertz CT molecular complexity index is 642. The summed E-state index contributed by atoms with van der Waals surface area (Å²) < 4.78 is 18.2. The zero-order valence-corrected chi connectivity index (χ0v) is 12.8. The number of aryl methyl sites for hydroxylation is 1. The summed E-state index contributed by atoms with van der Waals surface area (Å²) in [5.41, 5.74) is 0.794. The lowest BCUT2D eigenvalue weighted by Crippen LogP contribution is -2.37. The van der Waals surface area contributed by atoms with Crippen molar-refractivity contribution >= 4 is 11.8 Å². The molecule has 0 spiro atoms. The number of amides is 2. The molecule has 2 amide bonds. The van der Waals surface area contributed by atoms with Crippen LogP contribution in [0.1, 0.15) is 17.4 Å². The van der Waals surface area contributed by atoms with Crippen molar-refractivity contribution < 1.29 is 13.7 Å².